The Balaban J connectivity index is 1.52. The lowest BCUT2D eigenvalue weighted by Crippen LogP contribution is -2.12. The first-order valence-corrected chi connectivity index (χ1v) is 7.57. The second-order valence-corrected chi connectivity index (χ2v) is 6.42. The van der Waals surface area contributed by atoms with Gasteiger partial charge in [0, 0.05) is 5.25 Å². The lowest BCUT2D eigenvalue weighted by atomic mass is 10.2. The Morgan fingerprint density at radius 2 is 2.06 bits per heavy atom. The summed E-state index contributed by atoms with van der Waals surface area (Å²) in [5.41, 5.74) is 6.03. The fourth-order valence-corrected chi connectivity index (χ4v) is 3.53. The number of rotatable bonds is 5. The van der Waals surface area contributed by atoms with E-state index < -0.39 is 0 Å². The van der Waals surface area contributed by atoms with Crippen LogP contribution in [-0.2, 0) is 5.75 Å². The molecule has 2 aliphatic carbocycles. The highest BCUT2D eigenvalue weighted by molar-refractivity contribution is 7.99. The molecule has 2 fully saturated rings. The van der Waals surface area contributed by atoms with Crippen LogP contribution in [0.2, 0.25) is 0 Å². The zero-order valence-electron chi connectivity index (χ0n) is 9.97. The third-order valence-electron chi connectivity index (χ3n) is 3.65. The topological polar surface area (TPSA) is 64.9 Å². The SMILES string of the molecule is NC(c1nc(CSC2CCCC2)no1)C1CC1. The van der Waals surface area contributed by atoms with Crippen LogP contribution in [0.3, 0.4) is 0 Å². The van der Waals surface area contributed by atoms with Crippen LogP contribution >= 0.6 is 11.8 Å². The van der Waals surface area contributed by atoms with Gasteiger partial charge >= 0.3 is 0 Å². The summed E-state index contributed by atoms with van der Waals surface area (Å²) in [4.78, 5) is 4.41. The van der Waals surface area contributed by atoms with Crippen molar-refractivity contribution in [1.82, 2.24) is 10.1 Å². The lowest BCUT2D eigenvalue weighted by Gasteiger charge is -2.05. The van der Waals surface area contributed by atoms with E-state index in [1.54, 1.807) is 0 Å². The van der Waals surface area contributed by atoms with Crippen molar-refractivity contribution in [3.8, 4) is 0 Å². The number of aromatic nitrogens is 2. The molecule has 2 aliphatic rings. The molecule has 2 N–H and O–H groups in total. The minimum absolute atomic E-state index is 0.0345. The fraction of sp³-hybridized carbons (Fsp3) is 0.833. The van der Waals surface area contributed by atoms with Crippen molar-refractivity contribution in [3.63, 3.8) is 0 Å². The van der Waals surface area contributed by atoms with E-state index in [0.717, 1.165) is 16.8 Å². The fourth-order valence-electron chi connectivity index (χ4n) is 2.37. The van der Waals surface area contributed by atoms with Crippen LogP contribution in [0.15, 0.2) is 4.52 Å². The van der Waals surface area contributed by atoms with Crippen molar-refractivity contribution in [3.05, 3.63) is 11.7 Å². The Morgan fingerprint density at radius 1 is 1.29 bits per heavy atom. The van der Waals surface area contributed by atoms with Gasteiger partial charge in [0.2, 0.25) is 5.89 Å². The predicted molar refractivity (Wildman–Crippen MR) is 67.5 cm³/mol. The Bertz CT molecular complexity index is 372. The van der Waals surface area contributed by atoms with Crippen LogP contribution < -0.4 is 5.73 Å². The molecule has 0 spiro atoms. The largest absolute Gasteiger partial charge is 0.338 e. The molecule has 17 heavy (non-hydrogen) atoms. The van der Waals surface area contributed by atoms with E-state index in [1.165, 1.54) is 38.5 Å². The summed E-state index contributed by atoms with van der Waals surface area (Å²) in [6, 6.07) is -0.0345. The molecule has 0 amide bonds. The Kier molecular flexibility index (Phi) is 3.38. The molecule has 0 saturated heterocycles. The number of nitrogens with zero attached hydrogens (tertiary/aromatic N) is 2. The first kappa shape index (κ1) is 11.5. The van der Waals surface area contributed by atoms with Gasteiger partial charge in [0.25, 0.3) is 0 Å². The molecule has 0 bridgehead atoms. The first-order valence-electron chi connectivity index (χ1n) is 6.52. The molecule has 1 aromatic heterocycles. The molecule has 1 unspecified atom stereocenters. The highest BCUT2D eigenvalue weighted by Gasteiger charge is 2.33. The molecule has 4 nitrogen and oxygen atoms in total. The molecular weight excluding hydrogens is 234 g/mol. The number of hydrogen-bond acceptors (Lipinski definition) is 5. The third-order valence-corrected chi connectivity index (χ3v) is 5.02. The Labute approximate surface area is 106 Å². The molecule has 94 valence electrons. The maximum absolute atomic E-state index is 6.03. The monoisotopic (exact) mass is 253 g/mol. The second kappa shape index (κ2) is 4.98. The zero-order valence-corrected chi connectivity index (χ0v) is 10.8. The van der Waals surface area contributed by atoms with E-state index in [4.69, 9.17) is 10.3 Å². The Hall–Kier alpha value is -0.550. The van der Waals surface area contributed by atoms with E-state index in [1.807, 2.05) is 11.8 Å². The maximum atomic E-state index is 6.03. The summed E-state index contributed by atoms with van der Waals surface area (Å²) < 4.78 is 5.24. The highest BCUT2D eigenvalue weighted by Crippen LogP contribution is 2.39. The van der Waals surface area contributed by atoms with E-state index in [0.29, 0.717) is 11.8 Å². The quantitative estimate of drug-likeness (QED) is 0.874. The smallest absolute Gasteiger partial charge is 0.243 e. The van der Waals surface area contributed by atoms with Crippen molar-refractivity contribution in [2.45, 2.75) is 55.6 Å². The van der Waals surface area contributed by atoms with E-state index in [9.17, 15) is 0 Å². The number of hydrogen-bond donors (Lipinski definition) is 1. The molecule has 5 heteroatoms. The van der Waals surface area contributed by atoms with Gasteiger partial charge in [-0.15, -0.1) is 0 Å². The first-order chi connectivity index (χ1) is 8.33. The number of nitrogens with two attached hydrogens (primary N) is 1. The molecule has 3 rings (SSSR count). The molecule has 1 heterocycles. The van der Waals surface area contributed by atoms with Crippen molar-refractivity contribution in [2.75, 3.05) is 0 Å². The van der Waals surface area contributed by atoms with Gasteiger partial charge < -0.3 is 10.3 Å². The predicted octanol–water partition coefficient (Wildman–Crippen LogP) is 2.66. The average Bonchev–Trinajstić information content (AvgIpc) is 2.88. The summed E-state index contributed by atoms with van der Waals surface area (Å²) in [6.45, 7) is 0. The minimum atomic E-state index is -0.0345. The maximum Gasteiger partial charge on any atom is 0.243 e. The van der Waals surface area contributed by atoms with Crippen molar-refractivity contribution in [2.24, 2.45) is 11.7 Å². The zero-order chi connectivity index (χ0) is 11.7. The van der Waals surface area contributed by atoms with Crippen molar-refractivity contribution < 1.29 is 4.52 Å². The molecular formula is C12H19N3OS. The molecule has 0 radical (unpaired) electrons. The second-order valence-electron chi connectivity index (χ2n) is 5.13. The van der Waals surface area contributed by atoms with Crippen LogP contribution in [0.1, 0.15) is 56.3 Å². The molecule has 0 aliphatic heterocycles. The van der Waals surface area contributed by atoms with Gasteiger partial charge in [-0.25, -0.2) is 0 Å². The summed E-state index contributed by atoms with van der Waals surface area (Å²) in [6.07, 6.45) is 7.85. The lowest BCUT2D eigenvalue weighted by molar-refractivity contribution is 0.341. The van der Waals surface area contributed by atoms with Crippen LogP contribution in [-0.4, -0.2) is 15.4 Å². The van der Waals surface area contributed by atoms with E-state index in [-0.39, 0.29) is 6.04 Å². The molecule has 1 atom stereocenters. The highest BCUT2D eigenvalue weighted by atomic mass is 32.2. The van der Waals surface area contributed by atoms with E-state index in [2.05, 4.69) is 10.1 Å². The Morgan fingerprint density at radius 3 is 2.76 bits per heavy atom. The minimum Gasteiger partial charge on any atom is -0.338 e. The van der Waals surface area contributed by atoms with Crippen molar-refractivity contribution >= 4 is 11.8 Å². The summed E-state index contributed by atoms with van der Waals surface area (Å²) >= 11 is 1.96. The van der Waals surface area contributed by atoms with Gasteiger partial charge in [-0.05, 0) is 31.6 Å². The van der Waals surface area contributed by atoms with Crippen molar-refractivity contribution in [1.29, 1.82) is 0 Å². The molecule has 1 aromatic rings. The average molecular weight is 253 g/mol. The van der Waals surface area contributed by atoms with Gasteiger partial charge in [0.05, 0.1) is 11.8 Å². The van der Waals surface area contributed by atoms with Crippen LogP contribution in [0.25, 0.3) is 0 Å². The normalized spacial score (nSPS) is 23.1. The van der Waals surface area contributed by atoms with Gasteiger partial charge in [-0.2, -0.15) is 16.7 Å². The summed E-state index contributed by atoms with van der Waals surface area (Å²) in [5, 5.41) is 4.82. The van der Waals surface area contributed by atoms with E-state index >= 15 is 0 Å². The number of thioether (sulfide) groups is 1. The molecule has 2 saturated carbocycles. The van der Waals surface area contributed by atoms with Gasteiger partial charge in [0.1, 0.15) is 0 Å². The van der Waals surface area contributed by atoms with Gasteiger partial charge in [0.15, 0.2) is 5.82 Å². The van der Waals surface area contributed by atoms with Crippen LogP contribution in [0.5, 0.6) is 0 Å². The molecule has 0 aromatic carbocycles. The summed E-state index contributed by atoms with van der Waals surface area (Å²) in [5.74, 6) is 2.89. The summed E-state index contributed by atoms with van der Waals surface area (Å²) in [7, 11) is 0. The van der Waals surface area contributed by atoms with Crippen LogP contribution in [0, 0.1) is 5.92 Å². The van der Waals surface area contributed by atoms with Gasteiger partial charge in [-0.1, -0.05) is 18.0 Å². The van der Waals surface area contributed by atoms with Gasteiger partial charge in [-0.3, -0.25) is 0 Å². The van der Waals surface area contributed by atoms with Crippen LogP contribution in [0.4, 0.5) is 0 Å². The standard InChI is InChI=1S/C12H19N3OS/c13-11(8-5-6-8)12-14-10(15-16-12)7-17-9-3-1-2-4-9/h8-9,11H,1-7,13H2. The third kappa shape index (κ3) is 2.83.